The van der Waals surface area contributed by atoms with Crippen LogP contribution in [0.3, 0.4) is 0 Å². The summed E-state index contributed by atoms with van der Waals surface area (Å²) in [5.41, 5.74) is 1.13. The standard InChI is InChI=1S/C11H17NO3S/c1-2-10-4-6-11(7-5-10)16(13,14)9-3-8-15-12/h4-7H,2-3,8-9,12H2,1H3. The van der Waals surface area contributed by atoms with Crippen LogP contribution in [-0.2, 0) is 21.1 Å². The second kappa shape index (κ2) is 5.98. The van der Waals surface area contributed by atoms with Crippen LogP contribution in [0.2, 0.25) is 0 Å². The SMILES string of the molecule is CCc1ccc(S(=O)(=O)CCCON)cc1. The van der Waals surface area contributed by atoms with Gasteiger partial charge in [-0.15, -0.1) is 0 Å². The Kier molecular flexibility index (Phi) is 4.92. The van der Waals surface area contributed by atoms with E-state index in [0.717, 1.165) is 12.0 Å². The van der Waals surface area contributed by atoms with Crippen LogP contribution in [-0.4, -0.2) is 20.8 Å². The number of hydrogen-bond acceptors (Lipinski definition) is 4. The molecule has 2 N–H and O–H groups in total. The van der Waals surface area contributed by atoms with Crippen molar-refractivity contribution in [2.75, 3.05) is 12.4 Å². The molecule has 4 nitrogen and oxygen atoms in total. The Morgan fingerprint density at radius 1 is 1.25 bits per heavy atom. The van der Waals surface area contributed by atoms with Crippen LogP contribution in [0.5, 0.6) is 0 Å². The van der Waals surface area contributed by atoms with Gasteiger partial charge in [0.2, 0.25) is 0 Å². The van der Waals surface area contributed by atoms with Crippen molar-refractivity contribution in [2.45, 2.75) is 24.7 Å². The summed E-state index contributed by atoms with van der Waals surface area (Å²) in [6, 6.07) is 6.98. The lowest BCUT2D eigenvalue weighted by atomic mass is 10.2. The van der Waals surface area contributed by atoms with E-state index >= 15 is 0 Å². The van der Waals surface area contributed by atoms with E-state index in [1.807, 2.05) is 19.1 Å². The molecule has 0 saturated heterocycles. The van der Waals surface area contributed by atoms with Crippen molar-refractivity contribution in [1.82, 2.24) is 0 Å². The van der Waals surface area contributed by atoms with Gasteiger partial charge >= 0.3 is 0 Å². The zero-order valence-corrected chi connectivity index (χ0v) is 10.2. The molecule has 1 aromatic carbocycles. The van der Waals surface area contributed by atoms with Crippen molar-refractivity contribution in [3.63, 3.8) is 0 Å². The fourth-order valence-corrected chi connectivity index (χ4v) is 2.67. The molecule has 1 aromatic rings. The van der Waals surface area contributed by atoms with Gasteiger partial charge in [0.05, 0.1) is 17.3 Å². The fraction of sp³-hybridized carbons (Fsp3) is 0.455. The molecule has 0 saturated carbocycles. The fourth-order valence-electron chi connectivity index (χ4n) is 1.38. The number of hydrogen-bond donors (Lipinski definition) is 1. The molecule has 16 heavy (non-hydrogen) atoms. The lowest BCUT2D eigenvalue weighted by molar-refractivity contribution is 0.139. The monoisotopic (exact) mass is 243 g/mol. The highest BCUT2D eigenvalue weighted by Crippen LogP contribution is 2.13. The Balaban J connectivity index is 2.74. The van der Waals surface area contributed by atoms with E-state index in [4.69, 9.17) is 5.90 Å². The van der Waals surface area contributed by atoms with E-state index in [2.05, 4.69) is 4.84 Å². The van der Waals surface area contributed by atoms with Crippen LogP contribution in [0.25, 0.3) is 0 Å². The minimum Gasteiger partial charge on any atom is -0.305 e. The predicted molar refractivity (Wildman–Crippen MR) is 62.6 cm³/mol. The maximum Gasteiger partial charge on any atom is 0.178 e. The third kappa shape index (κ3) is 3.59. The molecule has 0 spiro atoms. The van der Waals surface area contributed by atoms with E-state index in [1.165, 1.54) is 0 Å². The second-order valence-electron chi connectivity index (χ2n) is 3.54. The molecule has 0 radical (unpaired) electrons. The maximum atomic E-state index is 11.8. The largest absolute Gasteiger partial charge is 0.305 e. The number of benzene rings is 1. The Hall–Kier alpha value is -0.910. The van der Waals surface area contributed by atoms with Crippen LogP contribution < -0.4 is 5.90 Å². The van der Waals surface area contributed by atoms with Gasteiger partial charge in [-0.25, -0.2) is 14.3 Å². The summed E-state index contributed by atoms with van der Waals surface area (Å²) in [5.74, 6) is 4.90. The Bertz CT molecular complexity index is 411. The first kappa shape index (κ1) is 13.2. The number of aryl methyl sites for hydroxylation is 1. The van der Waals surface area contributed by atoms with Gasteiger partial charge in [-0.05, 0) is 30.5 Å². The lowest BCUT2D eigenvalue weighted by Crippen LogP contribution is -2.11. The molecular formula is C11H17NO3S. The summed E-state index contributed by atoms with van der Waals surface area (Å²) >= 11 is 0. The molecule has 0 aromatic heterocycles. The van der Waals surface area contributed by atoms with Gasteiger partial charge in [0.15, 0.2) is 9.84 Å². The van der Waals surface area contributed by atoms with Gasteiger partial charge in [0.25, 0.3) is 0 Å². The highest BCUT2D eigenvalue weighted by molar-refractivity contribution is 7.91. The molecular weight excluding hydrogens is 226 g/mol. The highest BCUT2D eigenvalue weighted by atomic mass is 32.2. The van der Waals surface area contributed by atoms with Gasteiger partial charge in [-0.1, -0.05) is 19.1 Å². The van der Waals surface area contributed by atoms with Crippen molar-refractivity contribution in [1.29, 1.82) is 0 Å². The van der Waals surface area contributed by atoms with Crippen molar-refractivity contribution in [3.05, 3.63) is 29.8 Å². The van der Waals surface area contributed by atoms with Gasteiger partial charge in [0.1, 0.15) is 0 Å². The normalized spacial score (nSPS) is 11.6. The van der Waals surface area contributed by atoms with Crippen molar-refractivity contribution < 1.29 is 13.3 Å². The highest BCUT2D eigenvalue weighted by Gasteiger charge is 2.13. The first-order valence-electron chi connectivity index (χ1n) is 5.23. The quantitative estimate of drug-likeness (QED) is 0.604. The topological polar surface area (TPSA) is 69.4 Å². The lowest BCUT2D eigenvalue weighted by Gasteiger charge is -2.04. The Morgan fingerprint density at radius 3 is 2.38 bits per heavy atom. The van der Waals surface area contributed by atoms with Crippen LogP contribution in [0.4, 0.5) is 0 Å². The molecule has 0 unspecified atom stereocenters. The third-order valence-corrected chi connectivity index (χ3v) is 4.18. The molecule has 5 heteroatoms. The summed E-state index contributed by atoms with van der Waals surface area (Å²) in [7, 11) is -3.19. The number of sulfone groups is 1. The molecule has 0 bridgehead atoms. The third-order valence-electron chi connectivity index (χ3n) is 2.37. The smallest absolute Gasteiger partial charge is 0.178 e. The summed E-state index contributed by atoms with van der Waals surface area (Å²) in [4.78, 5) is 4.71. The van der Waals surface area contributed by atoms with E-state index in [1.54, 1.807) is 12.1 Å². The van der Waals surface area contributed by atoms with E-state index < -0.39 is 9.84 Å². The number of nitrogens with two attached hydrogens (primary N) is 1. The van der Waals surface area contributed by atoms with Gasteiger partial charge in [-0.3, -0.25) is 0 Å². The molecule has 0 heterocycles. The average Bonchev–Trinajstić information content (AvgIpc) is 2.29. The van der Waals surface area contributed by atoms with E-state index in [9.17, 15) is 8.42 Å². The van der Waals surface area contributed by atoms with E-state index in [-0.39, 0.29) is 12.4 Å². The minimum atomic E-state index is -3.19. The minimum absolute atomic E-state index is 0.0652. The molecule has 0 aliphatic heterocycles. The molecule has 0 aliphatic carbocycles. The van der Waals surface area contributed by atoms with Crippen molar-refractivity contribution in [3.8, 4) is 0 Å². The van der Waals surface area contributed by atoms with Gasteiger partial charge in [0, 0.05) is 0 Å². The first-order chi connectivity index (χ1) is 7.60. The molecule has 0 fully saturated rings. The predicted octanol–water partition coefficient (Wildman–Crippen LogP) is 1.30. The summed E-state index contributed by atoms with van der Waals surface area (Å²) in [5, 5.41) is 0. The Labute approximate surface area is 96.3 Å². The van der Waals surface area contributed by atoms with E-state index in [0.29, 0.717) is 11.3 Å². The zero-order chi connectivity index (χ0) is 12.0. The van der Waals surface area contributed by atoms with Crippen molar-refractivity contribution >= 4 is 9.84 Å². The van der Waals surface area contributed by atoms with Gasteiger partial charge in [-0.2, -0.15) is 0 Å². The second-order valence-corrected chi connectivity index (χ2v) is 5.65. The average molecular weight is 243 g/mol. The summed E-state index contributed by atoms with van der Waals surface area (Å²) < 4.78 is 23.6. The molecule has 0 amide bonds. The zero-order valence-electron chi connectivity index (χ0n) is 9.35. The molecule has 0 aliphatic rings. The van der Waals surface area contributed by atoms with Crippen LogP contribution in [0.15, 0.2) is 29.2 Å². The summed E-state index contributed by atoms with van der Waals surface area (Å²) in [6.07, 6.45) is 1.32. The first-order valence-corrected chi connectivity index (χ1v) is 6.88. The van der Waals surface area contributed by atoms with Crippen molar-refractivity contribution in [2.24, 2.45) is 5.90 Å². The van der Waals surface area contributed by atoms with Crippen LogP contribution >= 0.6 is 0 Å². The summed E-state index contributed by atoms with van der Waals surface area (Å²) in [6.45, 7) is 2.29. The Morgan fingerprint density at radius 2 is 1.88 bits per heavy atom. The molecule has 1 rings (SSSR count). The van der Waals surface area contributed by atoms with Crippen LogP contribution in [0.1, 0.15) is 18.9 Å². The van der Waals surface area contributed by atoms with Gasteiger partial charge < -0.3 is 4.84 Å². The van der Waals surface area contributed by atoms with Crippen LogP contribution in [0, 0.1) is 0 Å². The maximum absolute atomic E-state index is 11.8. The molecule has 90 valence electrons. The molecule has 0 atom stereocenters. The number of rotatable bonds is 6.